The molecule has 4 N–H and O–H groups in total. The number of H-pyrrole nitrogens is 1. The summed E-state index contributed by atoms with van der Waals surface area (Å²) in [5.74, 6) is 0.877. The van der Waals surface area contributed by atoms with E-state index in [4.69, 9.17) is 4.74 Å². The number of ether oxygens (including phenoxy) is 1. The summed E-state index contributed by atoms with van der Waals surface area (Å²) in [6, 6.07) is 16.7. The maximum Gasteiger partial charge on any atom is 0.408 e. The maximum atomic E-state index is 14.0. The number of carbonyl (C=O) groups excluding carboxylic acids is 2. The Balaban J connectivity index is 1.22. The number of carboxylic acid groups (broad SMARTS) is 1. The van der Waals surface area contributed by atoms with E-state index < -0.39 is 29.6 Å². The number of aromatic amines is 1. The lowest BCUT2D eigenvalue weighted by Gasteiger charge is -2.53. The fourth-order valence-electron chi connectivity index (χ4n) is 7.91. The Hall–Kier alpha value is -3.81. The summed E-state index contributed by atoms with van der Waals surface area (Å²) in [4.78, 5) is 42.4. The van der Waals surface area contributed by atoms with E-state index >= 15 is 0 Å². The van der Waals surface area contributed by atoms with Crippen LogP contribution in [0.25, 0.3) is 10.9 Å². The number of aromatic nitrogens is 1. The molecule has 4 bridgehead atoms. The van der Waals surface area contributed by atoms with Crippen LogP contribution in [0.5, 0.6) is 0 Å². The van der Waals surface area contributed by atoms with Crippen molar-refractivity contribution in [1.82, 2.24) is 15.6 Å². The number of nitrogens with one attached hydrogen (secondary N) is 3. The first-order chi connectivity index (χ1) is 19.8. The first-order valence-corrected chi connectivity index (χ1v) is 14.9. The maximum absolute atomic E-state index is 14.0. The minimum Gasteiger partial charge on any atom is -0.481 e. The van der Waals surface area contributed by atoms with Crippen LogP contribution in [-0.4, -0.2) is 45.7 Å². The third-order valence-corrected chi connectivity index (χ3v) is 9.56. The third-order valence-electron chi connectivity index (χ3n) is 9.56. The number of para-hydroxylation sites is 1. The zero-order valence-corrected chi connectivity index (χ0v) is 23.5. The topological polar surface area (TPSA) is 121 Å². The van der Waals surface area contributed by atoms with Gasteiger partial charge in [0.25, 0.3) is 0 Å². The highest BCUT2D eigenvalue weighted by Gasteiger charge is 2.50. The van der Waals surface area contributed by atoms with E-state index in [0.29, 0.717) is 18.3 Å². The summed E-state index contributed by atoms with van der Waals surface area (Å²) < 4.78 is 6.11. The van der Waals surface area contributed by atoms with Gasteiger partial charge in [0.15, 0.2) is 0 Å². The standard InChI is InChI=1S/C33H39N3O5/c1-33(18-25-19-34-28-10-6-5-9-27(25)28,31(39)35-26(17-29(37)38)16-20-7-3-2-4-8-20)36-32(40)41-30-23-12-21-11-22(14-23)15-24(30)13-21/h2-10,19,21-24,26,30,34H,11-18H2,1H3,(H,35,39)(H,36,40)(H,37,38)/t21?,22?,23?,24?,26?,30?,33-/m0/s1. The van der Waals surface area contributed by atoms with Gasteiger partial charge in [-0.15, -0.1) is 0 Å². The Morgan fingerprint density at radius 3 is 2.32 bits per heavy atom. The Morgan fingerprint density at radius 1 is 0.976 bits per heavy atom. The van der Waals surface area contributed by atoms with Crippen molar-refractivity contribution in [2.24, 2.45) is 23.7 Å². The molecule has 0 aliphatic heterocycles. The van der Waals surface area contributed by atoms with Gasteiger partial charge in [-0.25, -0.2) is 4.79 Å². The van der Waals surface area contributed by atoms with Crippen molar-refractivity contribution >= 4 is 28.9 Å². The molecule has 8 heteroatoms. The number of alkyl carbamates (subject to hydrolysis) is 1. The zero-order chi connectivity index (χ0) is 28.6. The number of rotatable bonds is 10. The highest BCUT2D eigenvalue weighted by molar-refractivity contribution is 5.92. The minimum absolute atomic E-state index is 0.110. The quantitative estimate of drug-likeness (QED) is 0.272. The number of aliphatic carboxylic acids is 1. The number of hydrogen-bond donors (Lipinski definition) is 4. The number of carboxylic acids is 1. The van der Waals surface area contributed by atoms with Crippen molar-refractivity contribution < 1.29 is 24.2 Å². The van der Waals surface area contributed by atoms with Crippen LogP contribution in [0.1, 0.15) is 56.6 Å². The SMILES string of the molecule is C[C@@](Cc1c[nH]c2ccccc12)(NC(=O)OC1C2CC3CC(C2)CC1C3)C(=O)NC(CC(=O)O)Cc1ccccc1. The summed E-state index contributed by atoms with van der Waals surface area (Å²) in [7, 11) is 0. The van der Waals surface area contributed by atoms with Crippen LogP contribution in [0.4, 0.5) is 4.79 Å². The van der Waals surface area contributed by atoms with Crippen LogP contribution in [0, 0.1) is 23.7 Å². The second-order valence-corrected chi connectivity index (χ2v) is 12.8. The van der Waals surface area contributed by atoms with E-state index in [9.17, 15) is 19.5 Å². The average Bonchev–Trinajstić information content (AvgIpc) is 3.33. The fourth-order valence-corrected chi connectivity index (χ4v) is 7.91. The number of hydrogen-bond acceptors (Lipinski definition) is 4. The molecular weight excluding hydrogens is 518 g/mol. The predicted octanol–water partition coefficient (Wildman–Crippen LogP) is 5.22. The van der Waals surface area contributed by atoms with E-state index in [1.54, 1.807) is 6.92 Å². The normalized spacial score (nSPS) is 26.7. The molecule has 41 heavy (non-hydrogen) atoms. The Morgan fingerprint density at radius 2 is 1.63 bits per heavy atom. The van der Waals surface area contributed by atoms with Gasteiger partial charge in [-0.1, -0.05) is 48.5 Å². The number of fused-ring (bicyclic) bond motifs is 1. The van der Waals surface area contributed by atoms with E-state index in [1.807, 2.05) is 60.8 Å². The van der Waals surface area contributed by atoms with Crippen LogP contribution < -0.4 is 10.6 Å². The van der Waals surface area contributed by atoms with Crippen molar-refractivity contribution in [3.8, 4) is 0 Å². The molecule has 0 radical (unpaired) electrons. The number of benzene rings is 2. The molecule has 3 aromatic rings. The molecule has 216 valence electrons. The highest BCUT2D eigenvalue weighted by atomic mass is 16.6. The van der Waals surface area contributed by atoms with Gasteiger partial charge >= 0.3 is 12.1 Å². The van der Waals surface area contributed by atoms with Gasteiger partial charge in [0.05, 0.1) is 6.42 Å². The molecule has 4 aliphatic carbocycles. The molecule has 4 saturated carbocycles. The van der Waals surface area contributed by atoms with Crippen molar-refractivity contribution in [3.05, 3.63) is 71.9 Å². The molecule has 0 saturated heterocycles. The molecule has 7 rings (SSSR count). The number of amides is 2. The second kappa shape index (κ2) is 11.2. The van der Waals surface area contributed by atoms with Gasteiger partial charge in [-0.3, -0.25) is 9.59 Å². The molecule has 4 aliphatic rings. The van der Waals surface area contributed by atoms with Crippen molar-refractivity contribution in [2.75, 3.05) is 0 Å². The molecule has 8 nitrogen and oxygen atoms in total. The van der Waals surface area contributed by atoms with Crippen LogP contribution >= 0.6 is 0 Å². The van der Waals surface area contributed by atoms with Crippen molar-refractivity contribution in [1.29, 1.82) is 0 Å². The summed E-state index contributed by atoms with van der Waals surface area (Å²) in [6.45, 7) is 1.70. The van der Waals surface area contributed by atoms with Crippen molar-refractivity contribution in [2.45, 2.75) is 76.0 Å². The monoisotopic (exact) mass is 557 g/mol. The van der Waals surface area contributed by atoms with Crippen LogP contribution in [0.3, 0.4) is 0 Å². The van der Waals surface area contributed by atoms with E-state index in [0.717, 1.165) is 59.5 Å². The summed E-state index contributed by atoms with van der Waals surface area (Å²) in [6.07, 6.45) is 7.30. The predicted molar refractivity (Wildman–Crippen MR) is 155 cm³/mol. The van der Waals surface area contributed by atoms with Gasteiger partial charge in [-0.2, -0.15) is 0 Å². The zero-order valence-electron chi connectivity index (χ0n) is 23.5. The minimum atomic E-state index is -1.37. The van der Waals surface area contributed by atoms with Crippen LogP contribution in [-0.2, 0) is 27.2 Å². The fraction of sp³-hybridized carbons (Fsp3) is 0.485. The van der Waals surface area contributed by atoms with E-state index in [1.165, 1.54) is 6.42 Å². The molecular formula is C33H39N3O5. The van der Waals surface area contributed by atoms with Gasteiger partial charge in [0, 0.05) is 29.6 Å². The molecule has 1 aromatic heterocycles. The van der Waals surface area contributed by atoms with Gasteiger partial charge in [-0.05, 0) is 86.3 Å². The lowest BCUT2D eigenvalue weighted by atomic mass is 9.55. The van der Waals surface area contributed by atoms with Crippen LogP contribution in [0.2, 0.25) is 0 Å². The molecule has 2 atom stereocenters. The van der Waals surface area contributed by atoms with Gasteiger partial charge in [0.2, 0.25) is 5.91 Å². The molecule has 1 heterocycles. The first-order valence-electron chi connectivity index (χ1n) is 14.9. The first kappa shape index (κ1) is 27.4. The largest absolute Gasteiger partial charge is 0.481 e. The average molecular weight is 558 g/mol. The third kappa shape index (κ3) is 5.97. The lowest BCUT2D eigenvalue weighted by molar-refractivity contribution is -0.138. The summed E-state index contributed by atoms with van der Waals surface area (Å²) >= 11 is 0. The smallest absolute Gasteiger partial charge is 0.408 e. The van der Waals surface area contributed by atoms with Gasteiger partial charge < -0.3 is 25.5 Å². The van der Waals surface area contributed by atoms with Crippen LogP contribution in [0.15, 0.2) is 60.8 Å². The van der Waals surface area contributed by atoms with Gasteiger partial charge in [0.1, 0.15) is 11.6 Å². The molecule has 2 aromatic carbocycles. The Bertz CT molecular complexity index is 1390. The molecule has 0 spiro atoms. The van der Waals surface area contributed by atoms with E-state index in [-0.39, 0.29) is 18.9 Å². The second-order valence-electron chi connectivity index (χ2n) is 12.8. The lowest BCUT2D eigenvalue weighted by Crippen LogP contribution is -2.61. The summed E-state index contributed by atoms with van der Waals surface area (Å²) in [5.41, 5.74) is 1.37. The number of carbonyl (C=O) groups is 3. The van der Waals surface area contributed by atoms with E-state index in [2.05, 4.69) is 15.6 Å². The van der Waals surface area contributed by atoms with Crippen molar-refractivity contribution in [3.63, 3.8) is 0 Å². The molecule has 4 fully saturated rings. The highest BCUT2D eigenvalue weighted by Crippen LogP contribution is 2.54. The Kier molecular flexibility index (Phi) is 7.49. The molecule has 2 amide bonds. The summed E-state index contributed by atoms with van der Waals surface area (Å²) in [5, 5.41) is 16.5. The molecule has 1 unspecified atom stereocenters. The Labute approximate surface area is 240 Å².